The third kappa shape index (κ3) is 7.04. The molecule has 0 fully saturated rings. The van der Waals surface area contributed by atoms with Gasteiger partial charge in [0.2, 0.25) is 0 Å². The van der Waals surface area contributed by atoms with Crippen molar-refractivity contribution in [3.05, 3.63) is 34.3 Å². The van der Waals surface area contributed by atoms with E-state index in [4.69, 9.17) is 0 Å². The van der Waals surface area contributed by atoms with E-state index in [-0.39, 0.29) is 18.5 Å². The fourth-order valence-corrected chi connectivity index (χ4v) is 2.28. The minimum atomic E-state index is -0.427. The fraction of sp³-hybridized carbons (Fsp3) is 0.500. The number of carbonyl (C=O) groups excluding carboxylic acids is 2. The Kier molecular flexibility index (Phi) is 8.12. The smallest absolute Gasteiger partial charge is 0.321 e. The number of hydrogen-bond donors (Lipinski definition) is 3. The lowest BCUT2D eigenvalue weighted by molar-refractivity contribution is -0.686. The molecule has 1 rings (SSSR count). The van der Waals surface area contributed by atoms with Crippen LogP contribution < -0.4 is 16.0 Å². The number of benzene rings is 1. The fourth-order valence-electron chi connectivity index (χ4n) is 2.02. The molecular weight excluding hydrogens is 346 g/mol. The zero-order valence-electron chi connectivity index (χ0n) is 13.4. The van der Waals surface area contributed by atoms with Crippen molar-refractivity contribution in [2.45, 2.75) is 33.2 Å². The molecule has 0 aliphatic heterocycles. The van der Waals surface area contributed by atoms with Crippen molar-refractivity contribution in [2.24, 2.45) is 5.92 Å². The van der Waals surface area contributed by atoms with Crippen LogP contribution in [-0.4, -0.2) is 25.0 Å². The first kappa shape index (κ1) is 18.6. The van der Waals surface area contributed by atoms with Crippen LogP contribution in [-0.2, 0) is 4.79 Å². The monoisotopic (exact) mass is 370 g/mol. The number of urea groups is 1. The van der Waals surface area contributed by atoms with Crippen molar-refractivity contribution in [2.75, 3.05) is 13.1 Å². The van der Waals surface area contributed by atoms with Gasteiger partial charge in [0.25, 0.3) is 5.91 Å². The molecule has 0 unspecified atom stereocenters. The van der Waals surface area contributed by atoms with Gasteiger partial charge in [0.15, 0.2) is 6.54 Å². The highest BCUT2D eigenvalue weighted by Crippen LogP contribution is 2.16. The number of imide groups is 1. The van der Waals surface area contributed by atoms with E-state index in [0.29, 0.717) is 12.5 Å². The highest BCUT2D eigenvalue weighted by atomic mass is 79.9. The van der Waals surface area contributed by atoms with Gasteiger partial charge in [-0.1, -0.05) is 48.8 Å². The van der Waals surface area contributed by atoms with Crippen molar-refractivity contribution in [1.82, 2.24) is 10.6 Å². The van der Waals surface area contributed by atoms with E-state index in [0.717, 1.165) is 10.9 Å². The van der Waals surface area contributed by atoms with Crippen LogP contribution >= 0.6 is 15.9 Å². The largest absolute Gasteiger partial charge is 0.338 e. The molecule has 0 bridgehead atoms. The number of nitrogens with one attached hydrogen (secondary N) is 2. The Morgan fingerprint density at radius 2 is 1.86 bits per heavy atom. The normalized spacial score (nSPS) is 12.0. The number of nitrogens with two attached hydrogens (primary N) is 1. The van der Waals surface area contributed by atoms with Gasteiger partial charge >= 0.3 is 6.03 Å². The third-order valence-electron chi connectivity index (χ3n) is 3.25. The first-order chi connectivity index (χ1) is 10.4. The lowest BCUT2D eigenvalue weighted by Crippen LogP contribution is -2.87. The first-order valence-electron chi connectivity index (χ1n) is 7.58. The summed E-state index contributed by atoms with van der Waals surface area (Å²) in [5.74, 6) is 0.0751. The summed E-state index contributed by atoms with van der Waals surface area (Å²) in [7, 11) is 0. The lowest BCUT2D eigenvalue weighted by atomic mass is 10.0. The van der Waals surface area contributed by atoms with Crippen LogP contribution in [0.2, 0.25) is 0 Å². The van der Waals surface area contributed by atoms with Crippen molar-refractivity contribution < 1.29 is 14.9 Å². The van der Waals surface area contributed by atoms with E-state index >= 15 is 0 Å². The van der Waals surface area contributed by atoms with Gasteiger partial charge < -0.3 is 10.6 Å². The van der Waals surface area contributed by atoms with Crippen LogP contribution in [0.15, 0.2) is 28.7 Å². The molecule has 0 aliphatic rings. The van der Waals surface area contributed by atoms with Crippen molar-refractivity contribution in [3.63, 3.8) is 0 Å². The maximum Gasteiger partial charge on any atom is 0.321 e. The van der Waals surface area contributed by atoms with Gasteiger partial charge in [-0.3, -0.25) is 10.1 Å². The molecule has 6 heteroatoms. The van der Waals surface area contributed by atoms with Crippen LogP contribution in [0.4, 0.5) is 4.79 Å². The van der Waals surface area contributed by atoms with Gasteiger partial charge in [0.1, 0.15) is 6.04 Å². The molecule has 22 heavy (non-hydrogen) atoms. The first-order valence-corrected chi connectivity index (χ1v) is 8.38. The minimum absolute atomic E-state index is 0.206. The molecule has 1 aromatic rings. The van der Waals surface area contributed by atoms with Crippen LogP contribution in [0.3, 0.4) is 0 Å². The van der Waals surface area contributed by atoms with Gasteiger partial charge in [-0.25, -0.2) is 4.79 Å². The summed E-state index contributed by atoms with van der Waals surface area (Å²) in [6.07, 6.45) is 0.911. The quantitative estimate of drug-likeness (QED) is 0.685. The van der Waals surface area contributed by atoms with Crippen LogP contribution in [0, 0.1) is 5.92 Å². The molecule has 5 nitrogen and oxygen atoms in total. The van der Waals surface area contributed by atoms with Gasteiger partial charge in [-0.2, -0.15) is 0 Å². The Balaban J connectivity index is 2.41. The molecule has 0 saturated carbocycles. The second-order valence-corrected chi connectivity index (χ2v) is 6.57. The maximum absolute atomic E-state index is 11.8. The van der Waals surface area contributed by atoms with Crippen molar-refractivity contribution in [3.8, 4) is 0 Å². The molecule has 3 amide bonds. The summed E-state index contributed by atoms with van der Waals surface area (Å²) in [4.78, 5) is 23.3. The second kappa shape index (κ2) is 9.58. The predicted molar refractivity (Wildman–Crippen MR) is 90.3 cm³/mol. The molecule has 0 heterocycles. The van der Waals surface area contributed by atoms with E-state index in [1.165, 1.54) is 5.56 Å². The average molecular weight is 371 g/mol. The molecule has 1 aromatic carbocycles. The van der Waals surface area contributed by atoms with E-state index in [9.17, 15) is 9.59 Å². The summed E-state index contributed by atoms with van der Waals surface area (Å²) >= 11 is 3.41. The topological polar surface area (TPSA) is 74.8 Å². The number of carbonyl (C=O) groups is 2. The number of rotatable bonds is 7. The number of hydrogen-bond acceptors (Lipinski definition) is 2. The lowest BCUT2D eigenvalue weighted by Gasteiger charge is -2.14. The molecule has 0 saturated heterocycles. The molecule has 0 spiro atoms. The molecule has 1 atom stereocenters. The summed E-state index contributed by atoms with van der Waals surface area (Å²) in [5, 5.41) is 6.96. The predicted octanol–water partition coefficient (Wildman–Crippen LogP) is 1.95. The van der Waals surface area contributed by atoms with E-state index in [1.807, 2.05) is 43.4 Å². The average Bonchev–Trinajstić information content (AvgIpc) is 2.47. The summed E-state index contributed by atoms with van der Waals surface area (Å²) in [6.45, 7) is 6.86. The highest BCUT2D eigenvalue weighted by molar-refractivity contribution is 9.10. The van der Waals surface area contributed by atoms with Crippen molar-refractivity contribution in [1.29, 1.82) is 0 Å². The summed E-state index contributed by atoms with van der Waals surface area (Å²) in [6, 6.07) is 7.85. The SMILES string of the molecule is CC[C@H]([NH2+]CC(=O)NC(=O)NCC(C)C)c1ccc(Br)cc1. The van der Waals surface area contributed by atoms with Gasteiger partial charge in [0, 0.05) is 23.0 Å². The minimum Gasteiger partial charge on any atom is -0.338 e. The van der Waals surface area contributed by atoms with Gasteiger partial charge in [0.05, 0.1) is 0 Å². The van der Waals surface area contributed by atoms with Crippen molar-refractivity contribution >= 4 is 27.9 Å². The zero-order valence-corrected chi connectivity index (χ0v) is 14.9. The Morgan fingerprint density at radius 3 is 2.41 bits per heavy atom. The second-order valence-electron chi connectivity index (χ2n) is 5.66. The van der Waals surface area contributed by atoms with Crippen LogP contribution in [0.25, 0.3) is 0 Å². The van der Waals surface area contributed by atoms with E-state index < -0.39 is 6.03 Å². The van der Waals surface area contributed by atoms with Crippen LogP contribution in [0.1, 0.15) is 38.8 Å². The Morgan fingerprint density at radius 1 is 1.23 bits per heavy atom. The van der Waals surface area contributed by atoms with Gasteiger partial charge in [-0.15, -0.1) is 0 Å². The summed E-state index contributed by atoms with van der Waals surface area (Å²) < 4.78 is 1.03. The molecule has 0 aliphatic carbocycles. The molecule has 122 valence electrons. The third-order valence-corrected chi connectivity index (χ3v) is 3.78. The molecule has 4 N–H and O–H groups in total. The maximum atomic E-state index is 11.8. The Bertz CT molecular complexity index is 489. The highest BCUT2D eigenvalue weighted by Gasteiger charge is 2.16. The summed E-state index contributed by atoms with van der Waals surface area (Å²) in [5.41, 5.74) is 1.17. The Labute approximate surface area is 140 Å². The molecule has 0 radical (unpaired) electrons. The van der Waals surface area contributed by atoms with Crippen LogP contribution in [0.5, 0.6) is 0 Å². The van der Waals surface area contributed by atoms with E-state index in [2.05, 4.69) is 33.5 Å². The number of quaternary nitrogens is 1. The zero-order chi connectivity index (χ0) is 16.5. The molecular formula is C16H25BrN3O2+. The molecule has 0 aromatic heterocycles. The van der Waals surface area contributed by atoms with E-state index in [1.54, 1.807) is 0 Å². The van der Waals surface area contributed by atoms with Gasteiger partial charge in [-0.05, 0) is 18.1 Å². The number of halogens is 1. The number of amides is 3. The standard InChI is InChI=1S/C16H24BrN3O2/c1-4-14(12-5-7-13(17)8-6-12)18-10-15(21)20-16(22)19-9-11(2)3/h5-8,11,14,18H,4,9-10H2,1-3H3,(H2,19,20,21,22)/p+1/t14-/m0/s1. The Hall–Kier alpha value is -1.40.